The van der Waals surface area contributed by atoms with Gasteiger partial charge in [-0.2, -0.15) is 0 Å². The van der Waals surface area contributed by atoms with Crippen LogP contribution in [0.3, 0.4) is 0 Å². The van der Waals surface area contributed by atoms with E-state index in [-0.39, 0.29) is 12.2 Å². The maximum absolute atomic E-state index is 13.8. The minimum Gasteiger partial charge on any atom is -0.497 e. The van der Waals surface area contributed by atoms with Gasteiger partial charge in [-0.3, -0.25) is 9.36 Å². The minimum absolute atomic E-state index is 0.197. The van der Waals surface area contributed by atoms with Gasteiger partial charge in [0.1, 0.15) is 5.75 Å². The Bertz CT molecular complexity index is 1640. The zero-order valence-corrected chi connectivity index (χ0v) is 20.5. The average molecular weight is 485 g/mol. The third-order valence-corrected chi connectivity index (χ3v) is 7.03. The zero-order chi connectivity index (χ0) is 24.5. The quantitative estimate of drug-likeness (QED) is 0.402. The van der Waals surface area contributed by atoms with Crippen molar-refractivity contribution in [1.29, 1.82) is 0 Å². The van der Waals surface area contributed by atoms with Crippen molar-refractivity contribution in [3.05, 3.63) is 109 Å². The second kappa shape index (κ2) is 9.35. The summed E-state index contributed by atoms with van der Waals surface area (Å²) in [6.07, 6.45) is 1.84. The van der Waals surface area contributed by atoms with Gasteiger partial charge in [0.2, 0.25) is 0 Å². The Labute approximate surface area is 206 Å². The van der Waals surface area contributed by atoms with Gasteiger partial charge in [-0.05, 0) is 54.0 Å². The van der Waals surface area contributed by atoms with Crippen molar-refractivity contribution in [2.45, 2.75) is 19.9 Å². The van der Waals surface area contributed by atoms with E-state index >= 15 is 0 Å². The Morgan fingerprint density at radius 3 is 2.57 bits per heavy atom. The second-order valence-corrected chi connectivity index (χ2v) is 9.15. The highest BCUT2D eigenvalue weighted by molar-refractivity contribution is 7.07. The molecule has 6 nitrogen and oxygen atoms in total. The lowest BCUT2D eigenvalue weighted by Gasteiger charge is -2.25. The molecule has 0 amide bonds. The van der Waals surface area contributed by atoms with E-state index < -0.39 is 12.0 Å². The van der Waals surface area contributed by atoms with E-state index in [9.17, 15) is 9.59 Å². The molecule has 35 heavy (non-hydrogen) atoms. The molecule has 3 aromatic carbocycles. The maximum Gasteiger partial charge on any atom is 0.338 e. The number of rotatable bonds is 5. The summed E-state index contributed by atoms with van der Waals surface area (Å²) in [6.45, 7) is 3.80. The Hall–Kier alpha value is -3.97. The van der Waals surface area contributed by atoms with Crippen LogP contribution in [0.5, 0.6) is 5.75 Å². The zero-order valence-electron chi connectivity index (χ0n) is 19.6. The largest absolute Gasteiger partial charge is 0.497 e. The fraction of sp³-hybridized carbons (Fsp3) is 0.179. The molecule has 1 aliphatic rings. The minimum atomic E-state index is -0.644. The first kappa shape index (κ1) is 22.8. The number of ether oxygens (including phenoxy) is 2. The van der Waals surface area contributed by atoms with E-state index in [1.807, 2.05) is 72.8 Å². The SMILES string of the molecule is CCOC(=O)C1=C(C)N=c2s/c(=C\c3ccc(OC)cc3)c(=O)n2C1c1cccc2ccccc12. The number of methoxy groups -OCH3 is 1. The number of fused-ring (bicyclic) bond motifs is 2. The Morgan fingerprint density at radius 2 is 1.83 bits per heavy atom. The van der Waals surface area contributed by atoms with Crippen LogP contribution in [0.4, 0.5) is 0 Å². The van der Waals surface area contributed by atoms with Crippen molar-refractivity contribution < 1.29 is 14.3 Å². The van der Waals surface area contributed by atoms with Gasteiger partial charge in [0.25, 0.3) is 5.56 Å². The van der Waals surface area contributed by atoms with Crippen LogP contribution >= 0.6 is 11.3 Å². The lowest BCUT2D eigenvalue weighted by Crippen LogP contribution is -2.40. The first-order valence-electron chi connectivity index (χ1n) is 11.3. The molecule has 4 aromatic rings. The molecule has 1 aliphatic heterocycles. The van der Waals surface area contributed by atoms with Gasteiger partial charge in [0.05, 0.1) is 35.6 Å². The van der Waals surface area contributed by atoms with Gasteiger partial charge < -0.3 is 9.47 Å². The van der Waals surface area contributed by atoms with E-state index in [1.54, 1.807) is 25.5 Å². The normalized spacial score (nSPS) is 15.6. The fourth-order valence-electron chi connectivity index (χ4n) is 4.43. The van der Waals surface area contributed by atoms with Gasteiger partial charge in [-0.15, -0.1) is 0 Å². The third-order valence-electron chi connectivity index (χ3n) is 6.05. The molecule has 0 N–H and O–H groups in total. The summed E-state index contributed by atoms with van der Waals surface area (Å²) >= 11 is 1.31. The van der Waals surface area contributed by atoms with Gasteiger partial charge in [0, 0.05) is 0 Å². The summed E-state index contributed by atoms with van der Waals surface area (Å²) in [6, 6.07) is 20.7. The van der Waals surface area contributed by atoms with Crippen LogP contribution in [0.15, 0.2) is 87.8 Å². The number of esters is 1. The van der Waals surface area contributed by atoms with Crippen molar-refractivity contribution in [3.63, 3.8) is 0 Å². The van der Waals surface area contributed by atoms with Gasteiger partial charge in [-0.1, -0.05) is 65.9 Å². The number of hydrogen-bond donors (Lipinski definition) is 0. The monoisotopic (exact) mass is 484 g/mol. The van der Waals surface area contributed by atoms with Crippen LogP contribution in [0, 0.1) is 0 Å². The van der Waals surface area contributed by atoms with Crippen LogP contribution in [0.1, 0.15) is 31.0 Å². The molecule has 1 aromatic heterocycles. The van der Waals surface area contributed by atoms with Crippen molar-refractivity contribution in [2.24, 2.45) is 4.99 Å². The van der Waals surface area contributed by atoms with Crippen LogP contribution in [0.25, 0.3) is 16.8 Å². The number of aromatic nitrogens is 1. The molecule has 0 saturated heterocycles. The molecule has 0 spiro atoms. The summed E-state index contributed by atoms with van der Waals surface area (Å²) in [7, 11) is 1.61. The third kappa shape index (κ3) is 4.08. The number of hydrogen-bond acceptors (Lipinski definition) is 6. The smallest absolute Gasteiger partial charge is 0.338 e. The number of allylic oxidation sites excluding steroid dienone is 1. The van der Waals surface area contributed by atoms with Crippen molar-refractivity contribution in [2.75, 3.05) is 13.7 Å². The standard InChI is InChI=1S/C28H24N2O4S/c1-4-34-27(32)24-17(2)29-28-30(25(24)22-11-7-9-19-8-5-6-10-21(19)22)26(31)23(35-28)16-18-12-14-20(33-3)15-13-18/h5-16,25H,4H2,1-3H3/b23-16-. The number of thiazole rings is 1. The highest BCUT2D eigenvalue weighted by Gasteiger charge is 2.34. The van der Waals surface area contributed by atoms with Gasteiger partial charge in [0.15, 0.2) is 4.80 Å². The summed E-state index contributed by atoms with van der Waals surface area (Å²) in [5.41, 5.74) is 2.47. The molecular weight excluding hydrogens is 460 g/mol. The number of carbonyl (C=O) groups is 1. The topological polar surface area (TPSA) is 69.9 Å². The van der Waals surface area contributed by atoms with Crippen LogP contribution in [0.2, 0.25) is 0 Å². The first-order chi connectivity index (χ1) is 17.0. The Kier molecular flexibility index (Phi) is 6.09. The summed E-state index contributed by atoms with van der Waals surface area (Å²) in [5, 5.41) is 2.00. The van der Waals surface area contributed by atoms with E-state index in [1.165, 1.54) is 11.3 Å². The van der Waals surface area contributed by atoms with Crippen molar-refractivity contribution in [3.8, 4) is 5.75 Å². The molecule has 176 valence electrons. The summed E-state index contributed by atoms with van der Waals surface area (Å²) in [5.74, 6) is 0.283. The molecule has 7 heteroatoms. The molecule has 2 heterocycles. The molecule has 0 saturated carbocycles. The molecule has 5 rings (SSSR count). The van der Waals surface area contributed by atoms with E-state index in [4.69, 9.17) is 9.47 Å². The fourth-order valence-corrected chi connectivity index (χ4v) is 5.47. The molecule has 0 bridgehead atoms. The highest BCUT2D eigenvalue weighted by Crippen LogP contribution is 2.34. The molecule has 0 radical (unpaired) electrons. The predicted octanol–water partition coefficient (Wildman–Crippen LogP) is 3.96. The van der Waals surface area contributed by atoms with Crippen molar-refractivity contribution >= 4 is 34.2 Å². The van der Waals surface area contributed by atoms with E-state index in [0.29, 0.717) is 20.6 Å². The van der Waals surface area contributed by atoms with Crippen molar-refractivity contribution in [1.82, 2.24) is 4.57 Å². The number of nitrogens with zero attached hydrogens (tertiary/aromatic N) is 2. The molecule has 1 atom stereocenters. The summed E-state index contributed by atoms with van der Waals surface area (Å²) in [4.78, 5) is 32.1. The average Bonchev–Trinajstić information content (AvgIpc) is 3.17. The van der Waals surface area contributed by atoms with Crippen LogP contribution < -0.4 is 19.6 Å². The molecular formula is C28H24N2O4S. The number of carbonyl (C=O) groups excluding carboxylic acids is 1. The first-order valence-corrected chi connectivity index (χ1v) is 12.1. The maximum atomic E-state index is 13.8. The molecule has 1 unspecified atom stereocenters. The Morgan fingerprint density at radius 1 is 1.09 bits per heavy atom. The summed E-state index contributed by atoms with van der Waals surface area (Å²) < 4.78 is 12.8. The van der Waals surface area contributed by atoms with Gasteiger partial charge in [-0.25, -0.2) is 9.79 Å². The number of benzene rings is 3. The lowest BCUT2D eigenvalue weighted by atomic mass is 9.91. The van der Waals surface area contributed by atoms with Gasteiger partial charge >= 0.3 is 5.97 Å². The van der Waals surface area contributed by atoms with E-state index in [2.05, 4.69) is 4.99 Å². The molecule has 0 fully saturated rings. The highest BCUT2D eigenvalue weighted by atomic mass is 32.1. The molecule has 0 aliphatic carbocycles. The van der Waals surface area contributed by atoms with Crippen LogP contribution in [-0.4, -0.2) is 24.3 Å². The van der Waals surface area contributed by atoms with Crippen LogP contribution in [-0.2, 0) is 9.53 Å². The lowest BCUT2D eigenvalue weighted by molar-refractivity contribution is -0.139. The Balaban J connectivity index is 1.77. The van der Waals surface area contributed by atoms with E-state index in [0.717, 1.165) is 27.6 Å². The second-order valence-electron chi connectivity index (χ2n) is 8.14. The predicted molar refractivity (Wildman–Crippen MR) is 137 cm³/mol.